The topological polar surface area (TPSA) is 51.8 Å². The third kappa shape index (κ3) is 2.58. The van der Waals surface area contributed by atoms with E-state index in [1.807, 2.05) is 0 Å². The highest BCUT2D eigenvalue weighted by atomic mass is 14.9. The van der Waals surface area contributed by atoms with Crippen LogP contribution in [0.1, 0.15) is 32.1 Å². The minimum absolute atomic E-state index is 0.0220. The van der Waals surface area contributed by atoms with Gasteiger partial charge in [0.2, 0.25) is 0 Å². The molecule has 3 nitrogen and oxygen atoms in total. The van der Waals surface area contributed by atoms with Crippen molar-refractivity contribution < 1.29 is 0 Å². The van der Waals surface area contributed by atoms with Gasteiger partial charge in [0.05, 0.1) is 6.04 Å². The molecule has 0 fully saturated rings. The van der Waals surface area contributed by atoms with Crippen LogP contribution >= 0.6 is 0 Å². The van der Waals surface area contributed by atoms with E-state index >= 15 is 0 Å². The Kier molecular flexibility index (Phi) is 3.17. The van der Waals surface area contributed by atoms with Crippen molar-refractivity contribution in [2.24, 2.45) is 11.7 Å². The highest BCUT2D eigenvalue weighted by Gasteiger charge is 2.09. The number of hydrogen-bond donors (Lipinski definition) is 1. The standard InChI is InChI=1S/C9H15N3/c1-7(2)6-8(10)9-11-4-3-5-12-9/h3-5,7-8H,6,10H2,1-2H3/t8-/m1/s1. The van der Waals surface area contributed by atoms with Crippen molar-refractivity contribution >= 4 is 0 Å². The van der Waals surface area contributed by atoms with Crippen LogP contribution in [0.25, 0.3) is 0 Å². The zero-order valence-electron chi connectivity index (χ0n) is 7.57. The Morgan fingerprint density at radius 2 is 1.92 bits per heavy atom. The van der Waals surface area contributed by atoms with E-state index in [0.29, 0.717) is 5.92 Å². The predicted molar refractivity (Wildman–Crippen MR) is 48.4 cm³/mol. The van der Waals surface area contributed by atoms with Crippen molar-refractivity contribution in [2.45, 2.75) is 26.3 Å². The van der Waals surface area contributed by atoms with Crippen LogP contribution in [0.3, 0.4) is 0 Å². The lowest BCUT2D eigenvalue weighted by molar-refractivity contribution is 0.493. The third-order valence-electron chi connectivity index (χ3n) is 1.64. The zero-order chi connectivity index (χ0) is 8.97. The number of hydrogen-bond acceptors (Lipinski definition) is 3. The number of aromatic nitrogens is 2. The summed E-state index contributed by atoms with van der Waals surface area (Å²) in [7, 11) is 0. The fourth-order valence-corrected chi connectivity index (χ4v) is 1.12. The van der Waals surface area contributed by atoms with Crippen LogP contribution in [0.4, 0.5) is 0 Å². The van der Waals surface area contributed by atoms with E-state index in [-0.39, 0.29) is 6.04 Å². The maximum Gasteiger partial charge on any atom is 0.144 e. The Hall–Kier alpha value is -0.960. The molecule has 0 aromatic carbocycles. The Labute approximate surface area is 73.0 Å². The molecule has 1 atom stereocenters. The van der Waals surface area contributed by atoms with Crippen LogP contribution in [-0.2, 0) is 0 Å². The van der Waals surface area contributed by atoms with Gasteiger partial charge in [-0.2, -0.15) is 0 Å². The average molecular weight is 165 g/mol. The molecule has 1 aromatic heterocycles. The summed E-state index contributed by atoms with van der Waals surface area (Å²) in [4.78, 5) is 8.19. The van der Waals surface area contributed by atoms with Gasteiger partial charge in [0, 0.05) is 12.4 Å². The molecule has 2 N–H and O–H groups in total. The Bertz CT molecular complexity index is 220. The summed E-state index contributed by atoms with van der Waals surface area (Å²) in [5.41, 5.74) is 5.87. The van der Waals surface area contributed by atoms with Crippen LogP contribution in [0.5, 0.6) is 0 Å². The molecule has 1 aromatic rings. The van der Waals surface area contributed by atoms with Gasteiger partial charge in [0.15, 0.2) is 0 Å². The van der Waals surface area contributed by atoms with Crippen LogP contribution in [0.2, 0.25) is 0 Å². The van der Waals surface area contributed by atoms with Gasteiger partial charge in [-0.1, -0.05) is 13.8 Å². The van der Waals surface area contributed by atoms with Crippen LogP contribution in [-0.4, -0.2) is 9.97 Å². The lowest BCUT2D eigenvalue weighted by atomic mass is 10.0. The maximum absolute atomic E-state index is 5.87. The molecule has 0 spiro atoms. The molecule has 0 saturated carbocycles. The average Bonchev–Trinajstić information content (AvgIpc) is 2.05. The van der Waals surface area contributed by atoms with Crippen molar-refractivity contribution in [1.82, 2.24) is 9.97 Å². The van der Waals surface area contributed by atoms with Gasteiger partial charge in [-0.3, -0.25) is 0 Å². The smallest absolute Gasteiger partial charge is 0.144 e. The molecular formula is C9H15N3. The summed E-state index contributed by atoms with van der Waals surface area (Å²) in [6, 6.07) is 1.78. The number of rotatable bonds is 3. The van der Waals surface area contributed by atoms with Crippen molar-refractivity contribution in [3.05, 3.63) is 24.3 Å². The molecule has 0 amide bonds. The van der Waals surface area contributed by atoms with Gasteiger partial charge in [-0.25, -0.2) is 9.97 Å². The highest BCUT2D eigenvalue weighted by Crippen LogP contribution is 2.13. The first-order chi connectivity index (χ1) is 5.70. The first-order valence-electron chi connectivity index (χ1n) is 4.22. The van der Waals surface area contributed by atoms with E-state index in [2.05, 4.69) is 23.8 Å². The largest absolute Gasteiger partial charge is 0.321 e. The van der Waals surface area contributed by atoms with E-state index in [1.54, 1.807) is 18.5 Å². The van der Waals surface area contributed by atoms with Gasteiger partial charge in [-0.05, 0) is 18.4 Å². The molecule has 12 heavy (non-hydrogen) atoms. The molecule has 0 bridgehead atoms. The molecule has 0 aliphatic carbocycles. The molecule has 3 heteroatoms. The second kappa shape index (κ2) is 4.16. The monoisotopic (exact) mass is 165 g/mol. The summed E-state index contributed by atoms with van der Waals surface area (Å²) >= 11 is 0. The van der Waals surface area contributed by atoms with Crippen LogP contribution in [0.15, 0.2) is 18.5 Å². The lowest BCUT2D eigenvalue weighted by Crippen LogP contribution is -2.15. The molecule has 1 rings (SSSR count). The van der Waals surface area contributed by atoms with Gasteiger partial charge >= 0.3 is 0 Å². The van der Waals surface area contributed by atoms with Crippen molar-refractivity contribution in [1.29, 1.82) is 0 Å². The van der Waals surface area contributed by atoms with E-state index in [9.17, 15) is 0 Å². The first-order valence-corrected chi connectivity index (χ1v) is 4.22. The molecule has 0 aliphatic heterocycles. The predicted octanol–water partition coefficient (Wildman–Crippen LogP) is 1.52. The van der Waals surface area contributed by atoms with Crippen molar-refractivity contribution in [3.63, 3.8) is 0 Å². The summed E-state index contributed by atoms with van der Waals surface area (Å²) in [6.45, 7) is 4.28. The fraction of sp³-hybridized carbons (Fsp3) is 0.556. The SMILES string of the molecule is CC(C)C[C@@H](N)c1ncccn1. The fourth-order valence-electron chi connectivity index (χ4n) is 1.12. The molecule has 0 saturated heterocycles. The molecule has 1 heterocycles. The van der Waals surface area contributed by atoms with Crippen molar-refractivity contribution in [3.8, 4) is 0 Å². The molecule has 0 radical (unpaired) electrons. The number of nitrogens with zero attached hydrogens (tertiary/aromatic N) is 2. The van der Waals surface area contributed by atoms with Gasteiger partial charge < -0.3 is 5.73 Å². The quantitative estimate of drug-likeness (QED) is 0.738. The second-order valence-corrected chi connectivity index (χ2v) is 3.34. The summed E-state index contributed by atoms with van der Waals surface area (Å²) < 4.78 is 0. The Balaban J connectivity index is 2.59. The third-order valence-corrected chi connectivity index (χ3v) is 1.64. The van der Waals surface area contributed by atoms with Gasteiger partial charge in [0.25, 0.3) is 0 Å². The van der Waals surface area contributed by atoms with Crippen LogP contribution in [0, 0.1) is 5.92 Å². The van der Waals surface area contributed by atoms with Gasteiger partial charge in [0.1, 0.15) is 5.82 Å². The highest BCUT2D eigenvalue weighted by molar-refractivity contribution is 4.94. The normalized spacial score (nSPS) is 13.3. The van der Waals surface area contributed by atoms with Gasteiger partial charge in [-0.15, -0.1) is 0 Å². The molecule has 0 aliphatic rings. The second-order valence-electron chi connectivity index (χ2n) is 3.34. The Morgan fingerprint density at radius 1 is 1.33 bits per heavy atom. The molecule has 66 valence electrons. The molecular weight excluding hydrogens is 150 g/mol. The Morgan fingerprint density at radius 3 is 2.42 bits per heavy atom. The summed E-state index contributed by atoms with van der Waals surface area (Å²) in [6.07, 6.45) is 4.38. The number of nitrogens with two attached hydrogens (primary N) is 1. The summed E-state index contributed by atoms with van der Waals surface area (Å²) in [5.74, 6) is 1.33. The maximum atomic E-state index is 5.87. The lowest BCUT2D eigenvalue weighted by Gasteiger charge is -2.11. The van der Waals surface area contributed by atoms with E-state index in [1.165, 1.54) is 0 Å². The van der Waals surface area contributed by atoms with Crippen LogP contribution < -0.4 is 5.73 Å². The van der Waals surface area contributed by atoms with E-state index < -0.39 is 0 Å². The summed E-state index contributed by atoms with van der Waals surface area (Å²) in [5, 5.41) is 0. The van der Waals surface area contributed by atoms with E-state index in [4.69, 9.17) is 5.73 Å². The molecule has 0 unspecified atom stereocenters. The minimum Gasteiger partial charge on any atom is -0.321 e. The zero-order valence-corrected chi connectivity index (χ0v) is 7.57. The first kappa shape index (κ1) is 9.13. The minimum atomic E-state index is -0.0220. The van der Waals surface area contributed by atoms with Crippen molar-refractivity contribution in [2.75, 3.05) is 0 Å². The van der Waals surface area contributed by atoms with E-state index in [0.717, 1.165) is 12.2 Å².